The molecule has 238 valence electrons. The molecule has 1 aliphatic carbocycles. The van der Waals surface area contributed by atoms with Crippen LogP contribution in [0.5, 0.6) is 0 Å². The Hall–Kier alpha value is -4.19. The van der Waals surface area contributed by atoms with Gasteiger partial charge in [0, 0.05) is 25.9 Å². The summed E-state index contributed by atoms with van der Waals surface area (Å²) in [5, 5.41) is 10.7. The third-order valence-corrected chi connectivity index (χ3v) is 10.7. The normalized spacial score (nSPS) is 13.3. The number of carbonyl (C=O) groups excluding carboxylic acids is 4. The van der Waals surface area contributed by atoms with Crippen LogP contribution in [0.4, 0.5) is 10.7 Å². The number of aryl methyl sites for hydroxylation is 1. The number of amides is 3. The first kappa shape index (κ1) is 33.2. The van der Waals surface area contributed by atoms with Gasteiger partial charge in [0.05, 0.1) is 17.4 Å². The molecule has 0 aliphatic heterocycles. The third kappa shape index (κ3) is 8.34. The number of esters is 1. The first-order valence-corrected chi connectivity index (χ1v) is 17.8. The average molecular weight is 674 g/mol. The number of rotatable bonds is 12. The second-order valence-corrected chi connectivity index (χ2v) is 13.9. The Morgan fingerprint density at radius 2 is 1.76 bits per heavy atom. The van der Waals surface area contributed by atoms with Crippen molar-refractivity contribution in [2.45, 2.75) is 56.1 Å². The Labute approximate surface area is 280 Å². The topological polar surface area (TPSA) is 114 Å². The molecule has 3 N–H and O–H groups in total. The van der Waals surface area contributed by atoms with Gasteiger partial charge in [-0.25, -0.2) is 4.79 Å². The van der Waals surface area contributed by atoms with Gasteiger partial charge < -0.3 is 20.7 Å². The highest BCUT2D eigenvalue weighted by Crippen LogP contribution is 2.39. The fourth-order valence-corrected chi connectivity index (χ4v) is 8.01. The smallest absolute Gasteiger partial charge is 0.341 e. The van der Waals surface area contributed by atoms with Crippen LogP contribution >= 0.6 is 34.4 Å². The molecule has 0 saturated carbocycles. The van der Waals surface area contributed by atoms with Crippen LogP contribution in [0, 0.1) is 0 Å². The van der Waals surface area contributed by atoms with Crippen LogP contribution in [0.25, 0.3) is 6.08 Å². The van der Waals surface area contributed by atoms with Crippen LogP contribution in [0.2, 0.25) is 0 Å². The van der Waals surface area contributed by atoms with Gasteiger partial charge in [-0.2, -0.15) is 0 Å². The summed E-state index contributed by atoms with van der Waals surface area (Å²) < 4.78 is 5.34. The van der Waals surface area contributed by atoms with Crippen LogP contribution in [0.3, 0.4) is 0 Å². The second-order valence-electron chi connectivity index (χ2n) is 10.5. The summed E-state index contributed by atoms with van der Waals surface area (Å²) in [5.41, 5.74) is 2.56. The van der Waals surface area contributed by atoms with E-state index in [2.05, 4.69) is 16.0 Å². The summed E-state index contributed by atoms with van der Waals surface area (Å²) in [7, 11) is 0. The lowest BCUT2D eigenvalue weighted by molar-refractivity contribution is -0.116. The highest BCUT2D eigenvalue weighted by molar-refractivity contribution is 8.00. The fraction of sp³-hybridized carbons (Fsp3) is 0.257. The van der Waals surface area contributed by atoms with E-state index in [-0.39, 0.29) is 18.2 Å². The summed E-state index contributed by atoms with van der Waals surface area (Å²) in [6, 6.07) is 19.7. The first-order valence-electron chi connectivity index (χ1n) is 15.2. The van der Waals surface area contributed by atoms with Gasteiger partial charge in [-0.15, -0.1) is 34.4 Å². The number of anilines is 2. The summed E-state index contributed by atoms with van der Waals surface area (Å²) in [6.45, 7) is 3.98. The van der Waals surface area contributed by atoms with E-state index < -0.39 is 23.0 Å². The van der Waals surface area contributed by atoms with Crippen molar-refractivity contribution in [3.05, 3.63) is 104 Å². The number of fused-ring (bicyclic) bond motifs is 1. The molecule has 46 heavy (non-hydrogen) atoms. The largest absolute Gasteiger partial charge is 0.462 e. The predicted molar refractivity (Wildman–Crippen MR) is 187 cm³/mol. The summed E-state index contributed by atoms with van der Waals surface area (Å²) in [6.07, 6.45) is 5.96. The number of carbonyl (C=O) groups is 4. The molecule has 0 radical (unpaired) electrons. The zero-order valence-corrected chi connectivity index (χ0v) is 28.0. The van der Waals surface area contributed by atoms with Crippen molar-refractivity contribution < 1.29 is 23.9 Å². The highest BCUT2D eigenvalue weighted by Gasteiger charge is 2.29. The molecule has 2 aromatic heterocycles. The molecule has 8 nitrogen and oxygen atoms in total. The zero-order valence-electron chi connectivity index (χ0n) is 25.6. The minimum Gasteiger partial charge on any atom is -0.462 e. The number of hydrogen-bond acceptors (Lipinski definition) is 8. The molecule has 1 unspecified atom stereocenters. The molecule has 4 aromatic rings. The zero-order chi connectivity index (χ0) is 32.5. The molecule has 0 saturated heterocycles. The van der Waals surface area contributed by atoms with E-state index in [1.165, 1.54) is 34.4 Å². The Morgan fingerprint density at radius 3 is 2.50 bits per heavy atom. The summed E-state index contributed by atoms with van der Waals surface area (Å²) >= 11 is 4.30. The molecular weight excluding hydrogens is 639 g/mol. The van der Waals surface area contributed by atoms with E-state index in [9.17, 15) is 19.2 Å². The van der Waals surface area contributed by atoms with Crippen molar-refractivity contribution >= 4 is 74.9 Å². The molecule has 1 atom stereocenters. The SMILES string of the molecule is CCOC(=O)c1c(NC(=O)C(CC)Sc2cccc(NC(=O)/C(=C/c3cccs3)NC(=O)c3ccccc3)c2)sc2c1CCCC2. The van der Waals surface area contributed by atoms with Gasteiger partial charge in [-0.3, -0.25) is 14.4 Å². The molecule has 0 spiro atoms. The van der Waals surface area contributed by atoms with E-state index >= 15 is 0 Å². The van der Waals surface area contributed by atoms with Crippen molar-refractivity contribution in [3.63, 3.8) is 0 Å². The van der Waals surface area contributed by atoms with E-state index in [0.29, 0.717) is 28.2 Å². The van der Waals surface area contributed by atoms with E-state index in [0.717, 1.165) is 45.9 Å². The fourth-order valence-electron chi connectivity index (χ4n) is 5.06. The summed E-state index contributed by atoms with van der Waals surface area (Å²) in [4.78, 5) is 55.5. The van der Waals surface area contributed by atoms with Gasteiger partial charge in [-0.05, 0) is 92.4 Å². The number of thiophene rings is 2. The second kappa shape index (κ2) is 15.9. The minimum atomic E-state index is -0.474. The minimum absolute atomic E-state index is 0.108. The lowest BCUT2D eigenvalue weighted by Gasteiger charge is -2.16. The predicted octanol–water partition coefficient (Wildman–Crippen LogP) is 7.78. The maximum atomic E-state index is 13.5. The third-order valence-electron chi connectivity index (χ3n) is 7.28. The molecule has 1 aliphatic rings. The van der Waals surface area contributed by atoms with E-state index in [4.69, 9.17) is 4.74 Å². The van der Waals surface area contributed by atoms with E-state index in [1.807, 2.05) is 36.6 Å². The Bertz CT molecular complexity index is 1730. The van der Waals surface area contributed by atoms with Gasteiger partial charge >= 0.3 is 5.97 Å². The maximum Gasteiger partial charge on any atom is 0.341 e. The van der Waals surface area contributed by atoms with Crippen LogP contribution in [-0.2, 0) is 27.2 Å². The van der Waals surface area contributed by atoms with Gasteiger partial charge in [0.25, 0.3) is 11.8 Å². The van der Waals surface area contributed by atoms with Gasteiger partial charge in [0.2, 0.25) is 5.91 Å². The molecular formula is C35H35N3O5S3. The van der Waals surface area contributed by atoms with Crippen LogP contribution in [0.15, 0.2) is 82.7 Å². The summed E-state index contributed by atoms with van der Waals surface area (Å²) in [5.74, 6) is -1.46. The Morgan fingerprint density at radius 1 is 0.957 bits per heavy atom. The highest BCUT2D eigenvalue weighted by atomic mass is 32.2. The molecule has 3 amide bonds. The quantitative estimate of drug-likeness (QED) is 0.0804. The van der Waals surface area contributed by atoms with Crippen LogP contribution in [0.1, 0.15) is 69.1 Å². The van der Waals surface area contributed by atoms with Crippen molar-refractivity contribution in [1.29, 1.82) is 0 Å². The molecule has 11 heteroatoms. The number of thioether (sulfide) groups is 1. The van der Waals surface area contributed by atoms with Crippen molar-refractivity contribution in [3.8, 4) is 0 Å². The lowest BCUT2D eigenvalue weighted by atomic mass is 9.95. The first-order chi connectivity index (χ1) is 22.4. The number of benzene rings is 2. The van der Waals surface area contributed by atoms with Gasteiger partial charge in [0.15, 0.2) is 0 Å². The molecule has 2 heterocycles. The van der Waals surface area contributed by atoms with Gasteiger partial charge in [-0.1, -0.05) is 37.3 Å². The van der Waals surface area contributed by atoms with Crippen molar-refractivity contribution in [1.82, 2.24) is 5.32 Å². The lowest BCUT2D eigenvalue weighted by Crippen LogP contribution is -2.30. The number of ether oxygens (including phenoxy) is 1. The van der Waals surface area contributed by atoms with Crippen LogP contribution < -0.4 is 16.0 Å². The number of nitrogens with one attached hydrogen (secondary N) is 3. The molecule has 2 aromatic carbocycles. The van der Waals surface area contributed by atoms with E-state index in [1.54, 1.807) is 55.5 Å². The Balaban J connectivity index is 1.29. The van der Waals surface area contributed by atoms with Crippen molar-refractivity contribution in [2.24, 2.45) is 0 Å². The Kier molecular flexibility index (Phi) is 11.5. The molecule has 5 rings (SSSR count). The standard InChI is InChI=1S/C35H35N3O5S3/c1-3-28(33(41)38-34-30(35(42)43-4-2)26-17-8-9-18-29(26)46-34)45-25-15-10-14-23(20-25)36-32(40)27(21-24-16-11-19-44-24)37-31(39)22-12-6-5-7-13-22/h5-7,10-16,19-21,28H,3-4,8-9,17-18H2,1-2H3,(H,36,40)(H,37,39)(H,38,41)/b27-21-. The number of hydrogen-bond donors (Lipinski definition) is 3. The average Bonchev–Trinajstić information content (AvgIpc) is 3.71. The maximum absolute atomic E-state index is 13.5. The van der Waals surface area contributed by atoms with Gasteiger partial charge in [0.1, 0.15) is 10.7 Å². The molecule has 0 fully saturated rings. The molecule has 0 bridgehead atoms. The monoisotopic (exact) mass is 673 g/mol. The van der Waals surface area contributed by atoms with Crippen molar-refractivity contribution in [2.75, 3.05) is 17.2 Å². The van der Waals surface area contributed by atoms with Crippen LogP contribution in [-0.4, -0.2) is 35.5 Å².